The summed E-state index contributed by atoms with van der Waals surface area (Å²) >= 11 is -1.22. The predicted molar refractivity (Wildman–Crippen MR) is 68.5 cm³/mol. The summed E-state index contributed by atoms with van der Waals surface area (Å²) in [7, 11) is 1.61. The molecule has 1 unspecified atom stereocenters. The topological polar surface area (TPSA) is 44.6 Å². The van der Waals surface area contributed by atoms with E-state index in [1.807, 2.05) is 45.0 Å². The summed E-state index contributed by atoms with van der Waals surface area (Å²) in [6.45, 7) is 5.68. The van der Waals surface area contributed by atoms with Gasteiger partial charge in [-0.05, 0) is 32.9 Å². The van der Waals surface area contributed by atoms with Crippen molar-refractivity contribution in [2.45, 2.75) is 25.5 Å². The van der Waals surface area contributed by atoms with E-state index < -0.39 is 11.4 Å². The number of nitrogens with zero attached hydrogens (tertiary/aromatic N) is 1. The second-order valence-electron chi connectivity index (χ2n) is 4.37. The van der Waals surface area contributed by atoms with Gasteiger partial charge in [0.2, 0.25) is 0 Å². The molecule has 16 heavy (non-hydrogen) atoms. The van der Waals surface area contributed by atoms with E-state index in [0.29, 0.717) is 0 Å². The fourth-order valence-electron chi connectivity index (χ4n) is 0.989. The second-order valence-corrected chi connectivity index (χ2v) is 6.31. The summed E-state index contributed by atoms with van der Waals surface area (Å²) in [5.41, 5.74) is 0.886. The van der Waals surface area contributed by atoms with Crippen molar-refractivity contribution >= 4 is 17.6 Å². The largest absolute Gasteiger partial charge is 0.591 e. The minimum atomic E-state index is -1.22. The minimum absolute atomic E-state index is 0.324. The Morgan fingerprint density at radius 3 is 2.62 bits per heavy atom. The van der Waals surface area contributed by atoms with Crippen LogP contribution in [0.2, 0.25) is 0 Å². The van der Waals surface area contributed by atoms with E-state index in [4.69, 9.17) is 4.74 Å². The zero-order valence-electron chi connectivity index (χ0n) is 10.1. The number of rotatable bonds is 3. The number of hydrogen-bond donors (Lipinski definition) is 0. The Kier molecular flexibility index (Phi) is 4.38. The van der Waals surface area contributed by atoms with Crippen LogP contribution in [0, 0.1) is 0 Å². The summed E-state index contributed by atoms with van der Waals surface area (Å²) in [5, 5.41) is 0. The molecule has 0 aromatic heterocycles. The lowest BCUT2D eigenvalue weighted by Gasteiger charge is -2.17. The first-order chi connectivity index (χ1) is 7.43. The van der Waals surface area contributed by atoms with Crippen molar-refractivity contribution < 1.29 is 9.29 Å². The summed E-state index contributed by atoms with van der Waals surface area (Å²) in [5.74, 6) is 0.769. The third kappa shape index (κ3) is 3.87. The molecule has 4 heteroatoms. The molecule has 0 aliphatic rings. The molecule has 0 aliphatic heterocycles. The first-order valence-electron chi connectivity index (χ1n) is 5.03. The first-order valence-corrected chi connectivity index (χ1v) is 6.14. The fraction of sp³-hybridized carbons (Fsp3) is 0.417. The highest BCUT2D eigenvalue weighted by molar-refractivity contribution is 7.91. The lowest BCUT2D eigenvalue weighted by atomic mass is 10.2. The molecule has 1 aromatic rings. The van der Waals surface area contributed by atoms with Crippen LogP contribution < -0.4 is 4.74 Å². The van der Waals surface area contributed by atoms with Gasteiger partial charge >= 0.3 is 0 Å². The lowest BCUT2D eigenvalue weighted by Crippen LogP contribution is -2.25. The highest BCUT2D eigenvalue weighted by Gasteiger charge is 2.25. The van der Waals surface area contributed by atoms with Crippen molar-refractivity contribution in [1.82, 2.24) is 0 Å². The maximum Gasteiger partial charge on any atom is 0.144 e. The van der Waals surface area contributed by atoms with E-state index in [1.54, 1.807) is 13.3 Å². The highest BCUT2D eigenvalue weighted by atomic mass is 32.2. The van der Waals surface area contributed by atoms with Crippen LogP contribution in [0.5, 0.6) is 5.75 Å². The van der Waals surface area contributed by atoms with E-state index >= 15 is 0 Å². The Labute approximate surface area is 99.9 Å². The van der Waals surface area contributed by atoms with Gasteiger partial charge in [0.1, 0.15) is 21.9 Å². The molecule has 0 heterocycles. The van der Waals surface area contributed by atoms with Crippen LogP contribution in [0.3, 0.4) is 0 Å². The molecule has 0 aliphatic carbocycles. The van der Waals surface area contributed by atoms with Gasteiger partial charge in [0, 0.05) is 5.56 Å². The van der Waals surface area contributed by atoms with Gasteiger partial charge in [0.25, 0.3) is 0 Å². The van der Waals surface area contributed by atoms with Crippen LogP contribution in [-0.4, -0.2) is 22.6 Å². The summed E-state index contributed by atoms with van der Waals surface area (Å²) in [6.07, 6.45) is 1.61. The third-order valence-electron chi connectivity index (χ3n) is 1.92. The molecule has 1 atom stereocenters. The van der Waals surface area contributed by atoms with E-state index in [2.05, 4.69) is 4.40 Å². The van der Waals surface area contributed by atoms with Crippen LogP contribution in [-0.2, 0) is 11.4 Å². The Hall–Kier alpha value is -1.00. The van der Waals surface area contributed by atoms with Crippen molar-refractivity contribution in [3.05, 3.63) is 29.8 Å². The minimum Gasteiger partial charge on any atom is -0.591 e. The van der Waals surface area contributed by atoms with Crippen LogP contribution >= 0.6 is 0 Å². The molecule has 88 valence electrons. The molecule has 0 saturated carbocycles. The SMILES string of the molecule is COc1cccc(C=N[S+]([O-])C(C)(C)C)c1. The Morgan fingerprint density at radius 1 is 1.38 bits per heavy atom. The van der Waals surface area contributed by atoms with Crippen molar-refractivity contribution in [2.75, 3.05) is 7.11 Å². The summed E-state index contributed by atoms with van der Waals surface area (Å²) in [4.78, 5) is 0. The summed E-state index contributed by atoms with van der Waals surface area (Å²) in [6, 6.07) is 7.48. The monoisotopic (exact) mass is 239 g/mol. The predicted octanol–water partition coefficient (Wildman–Crippen LogP) is 2.58. The van der Waals surface area contributed by atoms with Gasteiger partial charge in [-0.2, -0.15) is 0 Å². The van der Waals surface area contributed by atoms with Gasteiger partial charge < -0.3 is 9.29 Å². The first kappa shape index (κ1) is 13.1. The lowest BCUT2D eigenvalue weighted by molar-refractivity contribution is 0.415. The van der Waals surface area contributed by atoms with E-state index in [-0.39, 0.29) is 4.75 Å². The Balaban J connectivity index is 2.76. The van der Waals surface area contributed by atoms with Crippen molar-refractivity contribution in [3.63, 3.8) is 0 Å². The standard InChI is InChI=1S/C12H17NO2S/c1-12(2,3)16(14)13-9-10-6-5-7-11(8-10)15-4/h5-9H,1-4H3. The fourth-order valence-corrected chi connectivity index (χ4v) is 1.52. The second kappa shape index (κ2) is 5.37. The molecule has 0 spiro atoms. The average molecular weight is 239 g/mol. The Bertz CT molecular complexity index is 372. The van der Waals surface area contributed by atoms with Gasteiger partial charge in [-0.25, -0.2) is 0 Å². The number of ether oxygens (including phenoxy) is 1. The van der Waals surface area contributed by atoms with E-state index in [9.17, 15) is 4.55 Å². The highest BCUT2D eigenvalue weighted by Crippen LogP contribution is 2.17. The van der Waals surface area contributed by atoms with Crippen LogP contribution in [0.4, 0.5) is 0 Å². The third-order valence-corrected chi connectivity index (χ3v) is 3.26. The molecular formula is C12H17NO2S. The average Bonchev–Trinajstić information content (AvgIpc) is 2.25. The Morgan fingerprint density at radius 2 is 2.06 bits per heavy atom. The van der Waals surface area contributed by atoms with E-state index in [0.717, 1.165) is 11.3 Å². The molecule has 0 fully saturated rings. The molecule has 3 nitrogen and oxygen atoms in total. The molecule has 0 bridgehead atoms. The molecule has 1 rings (SSSR count). The molecule has 0 radical (unpaired) electrons. The molecular weight excluding hydrogens is 222 g/mol. The zero-order chi connectivity index (χ0) is 12.2. The quantitative estimate of drug-likeness (QED) is 0.601. The maximum atomic E-state index is 11.7. The van der Waals surface area contributed by atoms with Gasteiger partial charge in [-0.1, -0.05) is 16.5 Å². The van der Waals surface area contributed by atoms with Crippen molar-refractivity contribution in [3.8, 4) is 5.75 Å². The summed E-state index contributed by atoms with van der Waals surface area (Å²) < 4.78 is 20.5. The van der Waals surface area contributed by atoms with Gasteiger partial charge in [-0.15, -0.1) is 0 Å². The van der Waals surface area contributed by atoms with Gasteiger partial charge in [-0.3, -0.25) is 0 Å². The van der Waals surface area contributed by atoms with Crippen molar-refractivity contribution in [2.24, 2.45) is 4.40 Å². The van der Waals surface area contributed by atoms with Crippen LogP contribution in [0.25, 0.3) is 0 Å². The maximum absolute atomic E-state index is 11.7. The molecule has 1 aromatic carbocycles. The number of hydrogen-bond acceptors (Lipinski definition) is 3. The molecule has 0 saturated heterocycles. The zero-order valence-corrected chi connectivity index (χ0v) is 10.9. The van der Waals surface area contributed by atoms with Crippen LogP contribution in [0.1, 0.15) is 26.3 Å². The smallest absolute Gasteiger partial charge is 0.144 e. The number of methoxy groups -OCH3 is 1. The molecule has 0 N–H and O–H groups in total. The molecule has 0 amide bonds. The van der Waals surface area contributed by atoms with E-state index in [1.165, 1.54) is 0 Å². The van der Waals surface area contributed by atoms with Crippen molar-refractivity contribution in [1.29, 1.82) is 0 Å². The van der Waals surface area contributed by atoms with Crippen LogP contribution in [0.15, 0.2) is 28.7 Å². The normalized spacial score (nSPS) is 14.1. The number of benzene rings is 1. The van der Waals surface area contributed by atoms with Gasteiger partial charge in [0.05, 0.1) is 13.3 Å². The van der Waals surface area contributed by atoms with Gasteiger partial charge in [0.15, 0.2) is 0 Å².